The van der Waals surface area contributed by atoms with Crippen LogP contribution in [0.25, 0.3) is 11.1 Å². The Morgan fingerprint density at radius 1 is 1.20 bits per heavy atom. The Morgan fingerprint density at radius 3 is 2.80 bits per heavy atom. The SMILES string of the molecule is [CH2]c1c(F)cccc1-c1cnn(Cc2cnn(C)c2)c1. The zero-order valence-electron chi connectivity index (χ0n) is 11.1. The van der Waals surface area contributed by atoms with Crippen molar-refractivity contribution < 1.29 is 4.39 Å². The van der Waals surface area contributed by atoms with E-state index >= 15 is 0 Å². The minimum absolute atomic E-state index is 0.303. The lowest BCUT2D eigenvalue weighted by Crippen LogP contribution is -1.98. The van der Waals surface area contributed by atoms with Gasteiger partial charge in [0, 0.05) is 30.6 Å². The molecule has 0 aliphatic carbocycles. The molecule has 101 valence electrons. The summed E-state index contributed by atoms with van der Waals surface area (Å²) >= 11 is 0. The topological polar surface area (TPSA) is 35.6 Å². The molecule has 5 heteroatoms. The molecule has 4 nitrogen and oxygen atoms in total. The molecular weight excluding hydrogens is 255 g/mol. The third-order valence-electron chi connectivity index (χ3n) is 3.17. The fraction of sp³-hybridized carbons (Fsp3) is 0.133. The van der Waals surface area contributed by atoms with Crippen molar-refractivity contribution in [3.05, 3.63) is 66.9 Å². The molecule has 0 unspecified atom stereocenters. The first-order chi connectivity index (χ1) is 9.63. The average molecular weight is 269 g/mol. The summed E-state index contributed by atoms with van der Waals surface area (Å²) in [7, 11) is 1.87. The molecule has 1 aromatic carbocycles. The molecule has 0 amide bonds. The zero-order valence-corrected chi connectivity index (χ0v) is 11.1. The summed E-state index contributed by atoms with van der Waals surface area (Å²) < 4.78 is 17.1. The quantitative estimate of drug-likeness (QED) is 0.732. The molecule has 0 saturated carbocycles. The van der Waals surface area contributed by atoms with E-state index in [4.69, 9.17) is 0 Å². The van der Waals surface area contributed by atoms with Crippen LogP contribution in [0.2, 0.25) is 0 Å². The van der Waals surface area contributed by atoms with Gasteiger partial charge in [0.1, 0.15) is 5.82 Å². The van der Waals surface area contributed by atoms with Crippen LogP contribution in [-0.4, -0.2) is 19.6 Å². The van der Waals surface area contributed by atoms with Gasteiger partial charge in [-0.1, -0.05) is 12.1 Å². The maximum absolute atomic E-state index is 13.5. The Hall–Kier alpha value is -2.43. The van der Waals surface area contributed by atoms with Gasteiger partial charge in [0.05, 0.1) is 18.9 Å². The Bertz CT molecular complexity index is 742. The number of halogens is 1. The predicted molar refractivity (Wildman–Crippen MR) is 74.4 cm³/mol. The molecule has 2 heterocycles. The highest BCUT2D eigenvalue weighted by molar-refractivity contribution is 5.67. The van der Waals surface area contributed by atoms with Gasteiger partial charge in [0.15, 0.2) is 0 Å². The van der Waals surface area contributed by atoms with Crippen LogP contribution in [0.15, 0.2) is 43.0 Å². The molecule has 0 aliphatic heterocycles. The van der Waals surface area contributed by atoms with Crippen molar-refractivity contribution in [1.82, 2.24) is 19.6 Å². The second-order valence-electron chi connectivity index (χ2n) is 4.71. The van der Waals surface area contributed by atoms with E-state index in [-0.39, 0.29) is 5.82 Å². The third kappa shape index (κ3) is 2.34. The smallest absolute Gasteiger partial charge is 0.127 e. The first-order valence-corrected chi connectivity index (χ1v) is 6.24. The highest BCUT2D eigenvalue weighted by atomic mass is 19.1. The largest absolute Gasteiger partial charge is 0.275 e. The van der Waals surface area contributed by atoms with Crippen molar-refractivity contribution in [3.8, 4) is 11.1 Å². The molecule has 0 bridgehead atoms. The molecule has 0 N–H and O–H groups in total. The minimum atomic E-state index is -0.303. The minimum Gasteiger partial charge on any atom is -0.275 e. The van der Waals surface area contributed by atoms with Crippen LogP contribution >= 0.6 is 0 Å². The number of hydrogen-bond donors (Lipinski definition) is 0. The van der Waals surface area contributed by atoms with E-state index in [9.17, 15) is 4.39 Å². The van der Waals surface area contributed by atoms with Crippen molar-refractivity contribution in [2.75, 3.05) is 0 Å². The van der Waals surface area contributed by atoms with Gasteiger partial charge in [0.2, 0.25) is 0 Å². The first-order valence-electron chi connectivity index (χ1n) is 6.24. The fourth-order valence-electron chi connectivity index (χ4n) is 2.16. The molecule has 20 heavy (non-hydrogen) atoms. The molecular formula is C15H14FN4. The number of hydrogen-bond acceptors (Lipinski definition) is 2. The van der Waals surface area contributed by atoms with Crippen LogP contribution in [0.5, 0.6) is 0 Å². The molecule has 1 radical (unpaired) electrons. The summed E-state index contributed by atoms with van der Waals surface area (Å²) in [6.07, 6.45) is 7.35. The molecule has 3 aromatic rings. The monoisotopic (exact) mass is 269 g/mol. The van der Waals surface area contributed by atoms with Crippen molar-refractivity contribution in [2.45, 2.75) is 6.54 Å². The van der Waals surface area contributed by atoms with Gasteiger partial charge in [-0.05, 0) is 24.1 Å². The van der Waals surface area contributed by atoms with Gasteiger partial charge >= 0.3 is 0 Å². The first kappa shape index (κ1) is 12.6. The van der Waals surface area contributed by atoms with Gasteiger partial charge < -0.3 is 0 Å². The Kier molecular flexibility index (Phi) is 3.10. The Morgan fingerprint density at radius 2 is 2.05 bits per heavy atom. The van der Waals surface area contributed by atoms with Crippen LogP contribution in [0.4, 0.5) is 4.39 Å². The van der Waals surface area contributed by atoms with Crippen LogP contribution in [0.3, 0.4) is 0 Å². The van der Waals surface area contributed by atoms with Crippen molar-refractivity contribution in [2.24, 2.45) is 7.05 Å². The molecule has 3 rings (SSSR count). The number of aromatic nitrogens is 4. The van der Waals surface area contributed by atoms with E-state index < -0.39 is 0 Å². The highest BCUT2D eigenvalue weighted by Gasteiger charge is 2.08. The van der Waals surface area contributed by atoms with Gasteiger partial charge in [-0.25, -0.2) is 4.39 Å². The van der Waals surface area contributed by atoms with Crippen LogP contribution < -0.4 is 0 Å². The maximum atomic E-state index is 13.5. The summed E-state index contributed by atoms with van der Waals surface area (Å²) in [5.74, 6) is -0.303. The van der Waals surface area contributed by atoms with E-state index in [2.05, 4.69) is 17.1 Å². The van der Waals surface area contributed by atoms with Crippen molar-refractivity contribution in [3.63, 3.8) is 0 Å². The fourth-order valence-corrected chi connectivity index (χ4v) is 2.16. The lowest BCUT2D eigenvalue weighted by Gasteiger charge is -2.03. The van der Waals surface area contributed by atoms with Crippen LogP contribution in [0.1, 0.15) is 11.1 Å². The summed E-state index contributed by atoms with van der Waals surface area (Å²) in [4.78, 5) is 0. The molecule has 0 atom stereocenters. The normalized spacial score (nSPS) is 10.9. The predicted octanol–water partition coefficient (Wildman–Crippen LogP) is 2.65. The molecule has 0 saturated heterocycles. The zero-order chi connectivity index (χ0) is 14.1. The van der Waals surface area contributed by atoms with Crippen molar-refractivity contribution in [1.29, 1.82) is 0 Å². The highest BCUT2D eigenvalue weighted by Crippen LogP contribution is 2.24. The van der Waals surface area contributed by atoms with Gasteiger partial charge in [-0.15, -0.1) is 0 Å². The van der Waals surface area contributed by atoms with Crippen molar-refractivity contribution >= 4 is 0 Å². The lowest BCUT2D eigenvalue weighted by molar-refractivity contribution is 0.623. The maximum Gasteiger partial charge on any atom is 0.127 e. The molecule has 2 aromatic heterocycles. The summed E-state index contributed by atoms with van der Waals surface area (Å²) in [5, 5.41) is 8.42. The second kappa shape index (κ2) is 4.92. The lowest BCUT2D eigenvalue weighted by atomic mass is 10.0. The number of rotatable bonds is 3. The second-order valence-corrected chi connectivity index (χ2v) is 4.71. The van der Waals surface area contributed by atoms with E-state index in [0.29, 0.717) is 12.1 Å². The average Bonchev–Trinajstić information content (AvgIpc) is 3.03. The van der Waals surface area contributed by atoms with E-state index in [0.717, 1.165) is 16.7 Å². The standard InChI is InChI=1S/C15H14FN4/c1-11-14(4-3-5-15(11)16)13-7-18-20(10-13)9-12-6-17-19(2)8-12/h3-8,10H,1,9H2,2H3. The number of nitrogens with zero attached hydrogens (tertiary/aromatic N) is 4. The summed E-state index contributed by atoms with van der Waals surface area (Å²) in [5.41, 5.74) is 3.09. The van der Waals surface area contributed by atoms with Gasteiger partial charge in [-0.3, -0.25) is 9.36 Å². The van der Waals surface area contributed by atoms with E-state index in [1.165, 1.54) is 6.07 Å². The summed E-state index contributed by atoms with van der Waals surface area (Å²) in [6.45, 7) is 4.40. The van der Waals surface area contributed by atoms with Crippen LogP contribution in [0, 0.1) is 12.7 Å². The number of aryl methyl sites for hydroxylation is 1. The molecule has 0 fully saturated rings. The summed E-state index contributed by atoms with van der Waals surface area (Å²) in [6, 6.07) is 4.93. The third-order valence-corrected chi connectivity index (χ3v) is 3.17. The van der Waals surface area contributed by atoms with E-state index in [1.807, 2.05) is 25.5 Å². The van der Waals surface area contributed by atoms with Gasteiger partial charge in [-0.2, -0.15) is 10.2 Å². The van der Waals surface area contributed by atoms with E-state index in [1.54, 1.807) is 27.8 Å². The number of benzene rings is 1. The Balaban J connectivity index is 1.88. The van der Waals surface area contributed by atoms with Crippen LogP contribution in [-0.2, 0) is 13.6 Å². The molecule has 0 aliphatic rings. The van der Waals surface area contributed by atoms with Gasteiger partial charge in [0.25, 0.3) is 0 Å². The Labute approximate surface area is 116 Å². The molecule has 0 spiro atoms.